The van der Waals surface area contributed by atoms with E-state index < -0.39 is 0 Å². The number of halogens is 1. The molecule has 0 aromatic rings. The Kier molecular flexibility index (Phi) is 3.31. The summed E-state index contributed by atoms with van der Waals surface area (Å²) in [6, 6.07) is 0. The smallest absolute Gasteiger partial charge is 0.405 e. The van der Waals surface area contributed by atoms with Gasteiger partial charge in [0.25, 0.3) is 0 Å². The molecule has 0 amide bonds. The lowest BCUT2D eigenvalue weighted by Crippen LogP contribution is -2.65. The number of nitrogens with one attached hydrogen (secondary N) is 1. The van der Waals surface area contributed by atoms with Crippen LogP contribution >= 0.6 is 12.4 Å². The predicted octanol–water partition coefficient (Wildman–Crippen LogP) is 1.90. The zero-order valence-electron chi connectivity index (χ0n) is 11.2. The third-order valence-electron chi connectivity index (χ3n) is 5.37. The Hall–Kier alpha value is 0.235. The van der Waals surface area contributed by atoms with Gasteiger partial charge < -0.3 is 14.6 Å². The first-order valence-corrected chi connectivity index (χ1v) is 6.46. The first kappa shape index (κ1) is 13.7. The van der Waals surface area contributed by atoms with Gasteiger partial charge in [-0.05, 0) is 44.1 Å². The van der Waals surface area contributed by atoms with Crippen molar-refractivity contribution in [2.75, 3.05) is 13.5 Å². The monoisotopic (exact) mass is 259 g/mol. The van der Waals surface area contributed by atoms with Crippen molar-refractivity contribution in [3.63, 3.8) is 0 Å². The lowest BCUT2D eigenvalue weighted by Gasteiger charge is -2.64. The molecule has 2 bridgehead atoms. The minimum absolute atomic E-state index is 0. The summed E-state index contributed by atoms with van der Waals surface area (Å²) >= 11 is 0. The van der Waals surface area contributed by atoms with Gasteiger partial charge in [-0.3, -0.25) is 0 Å². The lowest BCUT2D eigenvalue weighted by atomic mass is 9.43. The maximum atomic E-state index is 6.19. The molecule has 17 heavy (non-hydrogen) atoms. The van der Waals surface area contributed by atoms with Gasteiger partial charge in [0.05, 0.1) is 11.7 Å². The van der Waals surface area contributed by atoms with Crippen LogP contribution < -0.4 is 5.32 Å². The van der Waals surface area contributed by atoms with E-state index in [1.165, 1.54) is 12.8 Å². The van der Waals surface area contributed by atoms with E-state index in [4.69, 9.17) is 9.31 Å². The van der Waals surface area contributed by atoms with Gasteiger partial charge >= 0.3 is 7.12 Å². The Morgan fingerprint density at radius 3 is 2.59 bits per heavy atom. The van der Waals surface area contributed by atoms with Crippen LogP contribution in [0.5, 0.6) is 0 Å². The van der Waals surface area contributed by atoms with Gasteiger partial charge in [-0.25, -0.2) is 0 Å². The first-order chi connectivity index (χ1) is 7.48. The highest BCUT2D eigenvalue weighted by molar-refractivity contribution is 6.45. The minimum Gasteiger partial charge on any atom is -0.405 e. The Morgan fingerprint density at radius 2 is 2.00 bits per heavy atom. The molecular weight excluding hydrogens is 236 g/mol. The second kappa shape index (κ2) is 4.12. The molecule has 5 heteroatoms. The van der Waals surface area contributed by atoms with Crippen LogP contribution in [-0.4, -0.2) is 32.3 Å². The average molecular weight is 260 g/mol. The van der Waals surface area contributed by atoms with Gasteiger partial charge in [0.1, 0.15) is 0 Å². The van der Waals surface area contributed by atoms with Gasteiger partial charge in [-0.15, -0.1) is 12.4 Å². The summed E-state index contributed by atoms with van der Waals surface area (Å²) in [5.41, 5.74) is 0.406. The van der Waals surface area contributed by atoms with Crippen molar-refractivity contribution < 1.29 is 9.31 Å². The summed E-state index contributed by atoms with van der Waals surface area (Å²) in [5, 5.41) is 3.14. The second-order valence-corrected chi connectivity index (χ2v) is 6.46. The zero-order chi connectivity index (χ0) is 11.6. The van der Waals surface area contributed by atoms with Crippen LogP contribution in [0, 0.1) is 17.3 Å². The van der Waals surface area contributed by atoms with Gasteiger partial charge in [0.15, 0.2) is 0 Å². The van der Waals surface area contributed by atoms with Crippen molar-refractivity contribution >= 4 is 19.5 Å². The summed E-state index contributed by atoms with van der Waals surface area (Å²) < 4.78 is 12.2. The van der Waals surface area contributed by atoms with Gasteiger partial charge in [0.2, 0.25) is 0 Å². The molecule has 4 aliphatic rings. The van der Waals surface area contributed by atoms with Crippen molar-refractivity contribution in [3.8, 4) is 0 Å². The van der Waals surface area contributed by atoms with Gasteiger partial charge in [-0.2, -0.15) is 0 Å². The SMILES string of the molecule is CNCB1O[C@H]2C[C@@H]3C[C@@H](C3(C)C)[C@]2(C)O1.Cl. The molecule has 0 spiro atoms. The molecular formula is C12H23BClNO2. The highest BCUT2D eigenvalue weighted by Gasteiger charge is 2.67. The molecule has 3 saturated carbocycles. The quantitative estimate of drug-likeness (QED) is 0.769. The van der Waals surface area contributed by atoms with Crippen LogP contribution in [0.3, 0.4) is 0 Å². The van der Waals surface area contributed by atoms with Crippen LogP contribution in [0.25, 0.3) is 0 Å². The van der Waals surface area contributed by atoms with Gasteiger partial charge in [-0.1, -0.05) is 13.8 Å². The molecule has 98 valence electrons. The third kappa shape index (κ3) is 1.68. The van der Waals surface area contributed by atoms with E-state index in [0.29, 0.717) is 17.4 Å². The van der Waals surface area contributed by atoms with Crippen molar-refractivity contribution in [1.82, 2.24) is 5.32 Å². The van der Waals surface area contributed by atoms with E-state index in [2.05, 4.69) is 26.1 Å². The van der Waals surface area contributed by atoms with Crippen LogP contribution in [0.15, 0.2) is 0 Å². The molecule has 0 aromatic carbocycles. The average Bonchev–Trinajstić information content (AvgIpc) is 2.53. The van der Waals surface area contributed by atoms with E-state index in [1.807, 2.05) is 7.05 Å². The molecule has 0 unspecified atom stereocenters. The topological polar surface area (TPSA) is 30.5 Å². The minimum atomic E-state index is -0.0462. The maximum Gasteiger partial charge on any atom is 0.472 e. The lowest BCUT2D eigenvalue weighted by molar-refractivity contribution is -0.199. The van der Waals surface area contributed by atoms with Crippen LogP contribution in [0.4, 0.5) is 0 Å². The molecule has 1 N–H and O–H groups in total. The van der Waals surface area contributed by atoms with Crippen LogP contribution in [-0.2, 0) is 9.31 Å². The standard InChI is InChI=1S/C12H22BNO2.ClH/c1-11(2)8-5-9(11)12(3)10(6-8)15-13(16-12)7-14-4;/h8-10,14H,5-7H2,1-4H3;1H/t8-,9-,10-,12-;/m0./s1. The molecule has 1 aliphatic heterocycles. The fourth-order valence-corrected chi connectivity index (χ4v) is 4.20. The summed E-state index contributed by atoms with van der Waals surface area (Å²) in [6.07, 6.45) is 3.63. The molecule has 0 radical (unpaired) electrons. The molecule has 1 heterocycles. The van der Waals surface area contributed by atoms with Crippen molar-refractivity contribution in [1.29, 1.82) is 0 Å². The number of hydrogen-bond donors (Lipinski definition) is 1. The Morgan fingerprint density at radius 1 is 1.29 bits per heavy atom. The van der Waals surface area contributed by atoms with Crippen molar-refractivity contribution in [2.24, 2.45) is 17.3 Å². The summed E-state index contributed by atoms with van der Waals surface area (Å²) in [7, 11) is 1.90. The maximum absolute atomic E-state index is 6.19. The van der Waals surface area contributed by atoms with Crippen molar-refractivity contribution in [3.05, 3.63) is 0 Å². The fraction of sp³-hybridized carbons (Fsp3) is 1.00. The van der Waals surface area contributed by atoms with E-state index >= 15 is 0 Å². The Bertz CT molecular complexity index is 315. The highest BCUT2D eigenvalue weighted by Crippen LogP contribution is 2.65. The van der Waals surface area contributed by atoms with E-state index in [1.54, 1.807) is 0 Å². The Balaban J connectivity index is 0.00000108. The van der Waals surface area contributed by atoms with Crippen molar-refractivity contribution in [2.45, 2.75) is 45.3 Å². The molecule has 4 rings (SSSR count). The number of rotatable bonds is 2. The normalized spacial score (nSPS) is 45.9. The summed E-state index contributed by atoms with van der Waals surface area (Å²) in [6.45, 7) is 7.04. The highest BCUT2D eigenvalue weighted by atomic mass is 35.5. The largest absolute Gasteiger partial charge is 0.472 e. The predicted molar refractivity (Wildman–Crippen MR) is 71.3 cm³/mol. The molecule has 3 nitrogen and oxygen atoms in total. The number of hydrogen-bond acceptors (Lipinski definition) is 3. The summed E-state index contributed by atoms with van der Waals surface area (Å²) in [4.78, 5) is 0. The fourth-order valence-electron chi connectivity index (χ4n) is 4.20. The van der Waals surface area contributed by atoms with E-state index in [0.717, 1.165) is 12.4 Å². The zero-order valence-corrected chi connectivity index (χ0v) is 12.0. The second-order valence-electron chi connectivity index (χ2n) is 6.46. The molecule has 1 saturated heterocycles. The van der Waals surface area contributed by atoms with Crippen LogP contribution in [0.1, 0.15) is 33.6 Å². The van der Waals surface area contributed by atoms with Crippen LogP contribution in [0.2, 0.25) is 0 Å². The summed E-state index contributed by atoms with van der Waals surface area (Å²) in [5.74, 6) is 1.51. The molecule has 0 aromatic heterocycles. The molecule has 4 atom stereocenters. The van der Waals surface area contributed by atoms with Gasteiger partial charge in [0, 0.05) is 6.44 Å². The molecule has 4 fully saturated rings. The first-order valence-electron chi connectivity index (χ1n) is 6.46. The third-order valence-corrected chi connectivity index (χ3v) is 5.37. The van der Waals surface area contributed by atoms with E-state index in [-0.39, 0.29) is 25.1 Å². The van der Waals surface area contributed by atoms with E-state index in [9.17, 15) is 0 Å². The Labute approximate surface area is 111 Å². The molecule has 3 aliphatic carbocycles.